The number of morpholine rings is 1. The molecule has 2 atom stereocenters. The first-order valence-electron chi connectivity index (χ1n) is 5.92. The van der Waals surface area contributed by atoms with Crippen LogP contribution in [-0.4, -0.2) is 43.8 Å². The van der Waals surface area contributed by atoms with Gasteiger partial charge in [-0.2, -0.15) is 0 Å². The Morgan fingerprint density at radius 2 is 1.93 bits per heavy atom. The molecule has 0 aromatic carbocycles. The number of quaternary nitrogens is 1. The molecule has 86 valence electrons. The van der Waals surface area contributed by atoms with E-state index in [1.54, 1.807) is 0 Å². The molecule has 0 bridgehead atoms. The SMILES string of the molecule is C[C@@H]1C[NH+](CC(=O)NC2CC2)C[C@@H](C)O1. The minimum atomic E-state index is 0.203. The zero-order valence-electron chi connectivity index (χ0n) is 9.58. The molecule has 0 spiro atoms. The van der Waals surface area contributed by atoms with Crippen LogP contribution in [0, 0.1) is 0 Å². The van der Waals surface area contributed by atoms with Crippen LogP contribution in [0.4, 0.5) is 0 Å². The Kier molecular flexibility index (Phi) is 3.26. The Balaban J connectivity index is 1.74. The minimum absolute atomic E-state index is 0.203. The summed E-state index contributed by atoms with van der Waals surface area (Å²) in [7, 11) is 0. The van der Waals surface area contributed by atoms with Crippen molar-refractivity contribution in [1.82, 2.24) is 5.32 Å². The summed E-state index contributed by atoms with van der Waals surface area (Å²) >= 11 is 0. The topological polar surface area (TPSA) is 42.8 Å². The molecule has 2 fully saturated rings. The average Bonchev–Trinajstić information content (AvgIpc) is 2.85. The van der Waals surface area contributed by atoms with Crippen molar-refractivity contribution in [3.8, 4) is 0 Å². The summed E-state index contributed by atoms with van der Waals surface area (Å²) in [6.07, 6.45) is 2.88. The Morgan fingerprint density at radius 1 is 1.33 bits per heavy atom. The molecule has 15 heavy (non-hydrogen) atoms. The molecule has 0 radical (unpaired) electrons. The molecule has 4 heteroatoms. The average molecular weight is 213 g/mol. The van der Waals surface area contributed by atoms with E-state index in [0.29, 0.717) is 12.6 Å². The smallest absolute Gasteiger partial charge is 0.275 e. The van der Waals surface area contributed by atoms with Gasteiger partial charge < -0.3 is 15.0 Å². The highest BCUT2D eigenvalue weighted by Gasteiger charge is 2.29. The van der Waals surface area contributed by atoms with Gasteiger partial charge in [0, 0.05) is 6.04 Å². The van der Waals surface area contributed by atoms with Gasteiger partial charge in [0.05, 0.1) is 0 Å². The second-order valence-electron chi connectivity index (χ2n) is 4.93. The summed E-state index contributed by atoms with van der Waals surface area (Å²) in [5.41, 5.74) is 0. The van der Waals surface area contributed by atoms with Crippen molar-refractivity contribution in [2.75, 3.05) is 19.6 Å². The summed E-state index contributed by atoms with van der Waals surface area (Å²) < 4.78 is 5.64. The maximum absolute atomic E-state index is 11.6. The molecule has 0 aromatic rings. The van der Waals surface area contributed by atoms with Crippen molar-refractivity contribution in [1.29, 1.82) is 0 Å². The van der Waals surface area contributed by atoms with E-state index in [9.17, 15) is 4.79 Å². The molecule has 1 saturated carbocycles. The maximum Gasteiger partial charge on any atom is 0.275 e. The minimum Gasteiger partial charge on any atom is -0.364 e. The van der Waals surface area contributed by atoms with Gasteiger partial charge in [-0.3, -0.25) is 4.79 Å². The summed E-state index contributed by atoms with van der Waals surface area (Å²) in [5.74, 6) is 0.203. The molecule has 0 unspecified atom stereocenters. The largest absolute Gasteiger partial charge is 0.364 e. The Labute approximate surface area is 91.0 Å². The number of carbonyl (C=O) groups is 1. The van der Waals surface area contributed by atoms with Crippen molar-refractivity contribution < 1.29 is 14.4 Å². The molecule has 2 rings (SSSR count). The van der Waals surface area contributed by atoms with Gasteiger partial charge in [-0.05, 0) is 26.7 Å². The Bertz CT molecular complexity index is 231. The van der Waals surface area contributed by atoms with Crippen LogP contribution in [0.2, 0.25) is 0 Å². The van der Waals surface area contributed by atoms with E-state index in [0.717, 1.165) is 25.9 Å². The maximum atomic E-state index is 11.6. The third-order valence-corrected chi connectivity index (χ3v) is 2.97. The van der Waals surface area contributed by atoms with Crippen molar-refractivity contribution >= 4 is 5.91 Å². The van der Waals surface area contributed by atoms with E-state index in [1.165, 1.54) is 4.90 Å². The van der Waals surface area contributed by atoms with Crippen LogP contribution in [0.15, 0.2) is 0 Å². The highest BCUT2D eigenvalue weighted by Crippen LogP contribution is 2.18. The lowest BCUT2D eigenvalue weighted by atomic mass is 10.2. The highest BCUT2D eigenvalue weighted by atomic mass is 16.5. The van der Waals surface area contributed by atoms with Crippen molar-refractivity contribution in [2.45, 2.75) is 44.9 Å². The van der Waals surface area contributed by atoms with Gasteiger partial charge in [0.15, 0.2) is 6.54 Å². The lowest BCUT2D eigenvalue weighted by Crippen LogP contribution is -3.16. The zero-order chi connectivity index (χ0) is 10.8. The number of ether oxygens (including phenoxy) is 1. The van der Waals surface area contributed by atoms with Gasteiger partial charge in [0.25, 0.3) is 5.91 Å². The van der Waals surface area contributed by atoms with Gasteiger partial charge >= 0.3 is 0 Å². The first kappa shape index (κ1) is 10.9. The first-order valence-corrected chi connectivity index (χ1v) is 5.92. The highest BCUT2D eigenvalue weighted by molar-refractivity contribution is 5.77. The predicted octanol–water partition coefficient (Wildman–Crippen LogP) is -1.04. The Hall–Kier alpha value is -0.610. The van der Waals surface area contributed by atoms with Crippen LogP contribution in [-0.2, 0) is 9.53 Å². The Morgan fingerprint density at radius 3 is 2.47 bits per heavy atom. The van der Waals surface area contributed by atoms with Crippen LogP contribution in [0.1, 0.15) is 26.7 Å². The van der Waals surface area contributed by atoms with E-state index in [2.05, 4.69) is 19.2 Å². The molecule has 1 heterocycles. The van der Waals surface area contributed by atoms with Gasteiger partial charge in [-0.15, -0.1) is 0 Å². The lowest BCUT2D eigenvalue weighted by Gasteiger charge is -2.31. The summed E-state index contributed by atoms with van der Waals surface area (Å²) in [5, 5.41) is 3.03. The number of hydrogen-bond donors (Lipinski definition) is 2. The molecular weight excluding hydrogens is 192 g/mol. The molecule has 1 aliphatic carbocycles. The van der Waals surface area contributed by atoms with Gasteiger partial charge in [-0.25, -0.2) is 0 Å². The molecule has 0 aromatic heterocycles. The fourth-order valence-corrected chi connectivity index (χ4v) is 2.27. The monoisotopic (exact) mass is 213 g/mol. The van der Waals surface area contributed by atoms with Gasteiger partial charge in [0.2, 0.25) is 0 Å². The molecule has 2 aliphatic rings. The van der Waals surface area contributed by atoms with Crippen molar-refractivity contribution in [3.05, 3.63) is 0 Å². The van der Waals surface area contributed by atoms with Crippen molar-refractivity contribution in [3.63, 3.8) is 0 Å². The molecule has 1 aliphatic heterocycles. The van der Waals surface area contributed by atoms with Crippen LogP contribution < -0.4 is 10.2 Å². The van der Waals surface area contributed by atoms with E-state index < -0.39 is 0 Å². The molecule has 1 amide bonds. The molecule has 4 nitrogen and oxygen atoms in total. The fourth-order valence-electron chi connectivity index (χ4n) is 2.27. The number of nitrogens with one attached hydrogen (secondary N) is 2. The van der Waals surface area contributed by atoms with Crippen LogP contribution >= 0.6 is 0 Å². The van der Waals surface area contributed by atoms with E-state index >= 15 is 0 Å². The quantitative estimate of drug-likeness (QED) is 0.629. The second kappa shape index (κ2) is 4.49. The van der Waals surface area contributed by atoms with E-state index in [4.69, 9.17) is 4.74 Å². The normalized spacial score (nSPS) is 36.3. The number of amides is 1. The summed E-state index contributed by atoms with van der Waals surface area (Å²) in [6, 6.07) is 0.479. The lowest BCUT2D eigenvalue weighted by molar-refractivity contribution is -0.907. The third kappa shape index (κ3) is 3.47. The molecular formula is C11H21N2O2+. The van der Waals surface area contributed by atoms with Gasteiger partial charge in [0.1, 0.15) is 25.3 Å². The summed E-state index contributed by atoms with van der Waals surface area (Å²) in [4.78, 5) is 12.9. The third-order valence-electron chi connectivity index (χ3n) is 2.97. The van der Waals surface area contributed by atoms with E-state index in [-0.39, 0.29) is 18.1 Å². The van der Waals surface area contributed by atoms with Crippen LogP contribution in [0.25, 0.3) is 0 Å². The fraction of sp³-hybridized carbons (Fsp3) is 0.909. The molecule has 2 N–H and O–H groups in total. The standard InChI is InChI=1S/C11H20N2O2/c1-8-5-13(6-9(2)15-8)7-11(14)12-10-3-4-10/h8-10H,3-7H2,1-2H3,(H,12,14)/p+1/t8-,9-/m1/s1. The number of hydrogen-bond acceptors (Lipinski definition) is 2. The van der Waals surface area contributed by atoms with Crippen molar-refractivity contribution in [2.24, 2.45) is 0 Å². The molecule has 1 saturated heterocycles. The number of carbonyl (C=O) groups excluding carboxylic acids is 1. The predicted molar refractivity (Wildman–Crippen MR) is 56.7 cm³/mol. The first-order chi connectivity index (χ1) is 7.13. The zero-order valence-corrected chi connectivity index (χ0v) is 9.58. The second-order valence-corrected chi connectivity index (χ2v) is 4.93. The van der Waals surface area contributed by atoms with E-state index in [1.807, 2.05) is 0 Å². The van der Waals surface area contributed by atoms with Crippen LogP contribution in [0.3, 0.4) is 0 Å². The summed E-state index contributed by atoms with van der Waals surface area (Å²) in [6.45, 7) is 6.66. The number of rotatable bonds is 3. The van der Waals surface area contributed by atoms with Gasteiger partial charge in [-0.1, -0.05) is 0 Å². The van der Waals surface area contributed by atoms with Crippen LogP contribution in [0.5, 0.6) is 0 Å².